The first-order valence-electron chi connectivity index (χ1n) is 4.73. The molecule has 0 aliphatic rings. The summed E-state index contributed by atoms with van der Waals surface area (Å²) >= 11 is 0. The number of rotatable bonds is 5. The van der Waals surface area contributed by atoms with Gasteiger partial charge in [0.25, 0.3) is 0 Å². The Hall–Kier alpha value is -0.770. The lowest BCUT2D eigenvalue weighted by Gasteiger charge is -2.23. The molecule has 0 aromatic carbocycles. The Balaban J connectivity index is 3.86. The van der Waals surface area contributed by atoms with Crippen LogP contribution < -0.4 is 5.32 Å². The second-order valence-electron chi connectivity index (χ2n) is 3.35. The molecule has 0 atom stereocenters. The van der Waals surface area contributed by atoms with Crippen LogP contribution in [0.2, 0.25) is 0 Å². The number of likely N-dealkylation sites (N-methyl/N-ethyl adjacent to an activating group) is 1. The molecule has 2 amide bonds. The third kappa shape index (κ3) is 5.47. The van der Waals surface area contributed by atoms with E-state index >= 15 is 0 Å². The van der Waals surface area contributed by atoms with Gasteiger partial charge in [0.2, 0.25) is 0 Å². The first kappa shape index (κ1) is 12.2. The predicted molar refractivity (Wildman–Crippen MR) is 54.9 cm³/mol. The maximum atomic E-state index is 11.3. The van der Waals surface area contributed by atoms with E-state index < -0.39 is 0 Å². The summed E-state index contributed by atoms with van der Waals surface area (Å²) in [5.74, 6) is 0. The van der Waals surface area contributed by atoms with Crippen molar-refractivity contribution in [2.24, 2.45) is 0 Å². The van der Waals surface area contributed by atoms with Gasteiger partial charge < -0.3 is 15.1 Å². The third-order valence-electron chi connectivity index (χ3n) is 1.81. The van der Waals surface area contributed by atoms with E-state index in [1.165, 1.54) is 0 Å². The zero-order chi connectivity index (χ0) is 10.3. The molecule has 0 radical (unpaired) electrons. The average Bonchev–Trinajstić information content (AvgIpc) is 2.10. The summed E-state index contributed by atoms with van der Waals surface area (Å²) in [5, 5.41) is 2.64. The van der Waals surface area contributed by atoms with Gasteiger partial charge in [-0.05, 0) is 20.5 Å². The van der Waals surface area contributed by atoms with Crippen LogP contribution in [-0.4, -0.2) is 56.6 Å². The summed E-state index contributed by atoms with van der Waals surface area (Å²) in [6.45, 7) is 4.60. The Labute approximate surface area is 80.9 Å². The van der Waals surface area contributed by atoms with Crippen molar-refractivity contribution in [2.75, 3.05) is 40.8 Å². The van der Waals surface area contributed by atoms with Crippen LogP contribution >= 0.6 is 0 Å². The lowest BCUT2D eigenvalue weighted by atomic mass is 10.4. The highest BCUT2D eigenvalue weighted by atomic mass is 16.2. The number of nitrogens with zero attached hydrogens (tertiary/aromatic N) is 2. The molecule has 0 bridgehead atoms. The summed E-state index contributed by atoms with van der Waals surface area (Å²) in [7, 11) is 5.68. The highest BCUT2D eigenvalue weighted by molar-refractivity contribution is 5.73. The van der Waals surface area contributed by atoms with E-state index in [4.69, 9.17) is 0 Å². The van der Waals surface area contributed by atoms with Gasteiger partial charge in [0.05, 0.1) is 0 Å². The van der Waals surface area contributed by atoms with Gasteiger partial charge in [0.15, 0.2) is 0 Å². The van der Waals surface area contributed by atoms with E-state index in [0.29, 0.717) is 0 Å². The second kappa shape index (κ2) is 6.71. The molecule has 0 fully saturated rings. The Bertz CT molecular complexity index is 148. The summed E-state index contributed by atoms with van der Waals surface area (Å²) in [4.78, 5) is 15.2. The molecule has 13 heavy (non-hydrogen) atoms. The first-order valence-corrected chi connectivity index (χ1v) is 4.73. The molecule has 0 saturated heterocycles. The maximum Gasteiger partial charge on any atom is 0.317 e. The fourth-order valence-electron chi connectivity index (χ4n) is 1.06. The van der Waals surface area contributed by atoms with Crippen LogP contribution in [0.4, 0.5) is 4.79 Å². The highest BCUT2D eigenvalue weighted by Gasteiger charge is 2.09. The van der Waals surface area contributed by atoms with Gasteiger partial charge in [-0.2, -0.15) is 0 Å². The van der Waals surface area contributed by atoms with Crippen molar-refractivity contribution in [1.29, 1.82) is 0 Å². The molecule has 0 spiro atoms. The number of amides is 2. The summed E-state index contributed by atoms with van der Waals surface area (Å²) in [5.41, 5.74) is 0. The second-order valence-corrected chi connectivity index (χ2v) is 3.35. The normalized spacial score (nSPS) is 10.2. The maximum absolute atomic E-state index is 11.3. The smallest absolute Gasteiger partial charge is 0.317 e. The standard InChI is InChI=1S/C9H21N3O/c1-5-6-12(9(13)10-2)8-7-11(3)4/h5-8H2,1-4H3,(H,10,13). The molecule has 1 N–H and O–H groups in total. The summed E-state index contributed by atoms with van der Waals surface area (Å²) in [6, 6.07) is 0.0173. The zero-order valence-corrected chi connectivity index (χ0v) is 9.13. The van der Waals surface area contributed by atoms with Crippen LogP contribution in [0.25, 0.3) is 0 Å². The van der Waals surface area contributed by atoms with Crippen LogP contribution in [0.15, 0.2) is 0 Å². The summed E-state index contributed by atoms with van der Waals surface area (Å²) in [6.07, 6.45) is 1.00. The lowest BCUT2D eigenvalue weighted by Crippen LogP contribution is -2.42. The average molecular weight is 187 g/mol. The summed E-state index contributed by atoms with van der Waals surface area (Å²) < 4.78 is 0. The molecule has 0 heterocycles. The molecule has 4 heteroatoms. The van der Waals surface area contributed by atoms with Crippen molar-refractivity contribution < 1.29 is 4.79 Å². The number of hydrogen-bond acceptors (Lipinski definition) is 2. The number of carbonyl (C=O) groups excluding carboxylic acids is 1. The molecule has 0 rings (SSSR count). The van der Waals surface area contributed by atoms with Crippen LogP contribution in [-0.2, 0) is 0 Å². The van der Waals surface area contributed by atoms with E-state index in [1.807, 2.05) is 19.0 Å². The van der Waals surface area contributed by atoms with E-state index in [-0.39, 0.29) is 6.03 Å². The van der Waals surface area contributed by atoms with Gasteiger partial charge in [-0.15, -0.1) is 0 Å². The fraction of sp³-hybridized carbons (Fsp3) is 0.889. The first-order chi connectivity index (χ1) is 6.11. The largest absolute Gasteiger partial charge is 0.341 e. The van der Waals surface area contributed by atoms with Crippen molar-refractivity contribution >= 4 is 6.03 Å². The number of hydrogen-bond donors (Lipinski definition) is 1. The van der Waals surface area contributed by atoms with Crippen molar-refractivity contribution in [2.45, 2.75) is 13.3 Å². The minimum atomic E-state index is 0.0173. The number of urea groups is 1. The number of carbonyl (C=O) groups is 1. The molecule has 0 saturated carbocycles. The topological polar surface area (TPSA) is 35.6 Å². The molecular weight excluding hydrogens is 166 g/mol. The molecule has 0 aromatic heterocycles. The Kier molecular flexibility index (Phi) is 6.32. The Morgan fingerprint density at radius 2 is 1.85 bits per heavy atom. The Morgan fingerprint density at radius 1 is 1.23 bits per heavy atom. The van der Waals surface area contributed by atoms with Crippen LogP contribution in [0.5, 0.6) is 0 Å². The van der Waals surface area contributed by atoms with E-state index in [1.54, 1.807) is 7.05 Å². The quantitative estimate of drug-likeness (QED) is 0.684. The molecule has 0 aliphatic carbocycles. The minimum Gasteiger partial charge on any atom is -0.341 e. The van der Waals surface area contributed by atoms with Gasteiger partial charge >= 0.3 is 6.03 Å². The van der Waals surface area contributed by atoms with Crippen LogP contribution in [0.1, 0.15) is 13.3 Å². The van der Waals surface area contributed by atoms with Crippen molar-refractivity contribution in [1.82, 2.24) is 15.1 Å². The third-order valence-corrected chi connectivity index (χ3v) is 1.81. The van der Waals surface area contributed by atoms with E-state index in [0.717, 1.165) is 26.1 Å². The van der Waals surface area contributed by atoms with E-state index in [2.05, 4.69) is 17.1 Å². The SMILES string of the molecule is CCCN(CCN(C)C)C(=O)NC. The predicted octanol–water partition coefficient (Wildman–Crippen LogP) is 0.599. The minimum absolute atomic E-state index is 0.0173. The van der Waals surface area contributed by atoms with Gasteiger partial charge in [-0.1, -0.05) is 6.92 Å². The zero-order valence-electron chi connectivity index (χ0n) is 9.13. The molecule has 0 unspecified atom stereocenters. The monoisotopic (exact) mass is 187 g/mol. The molecule has 0 aliphatic heterocycles. The van der Waals surface area contributed by atoms with E-state index in [9.17, 15) is 4.79 Å². The Morgan fingerprint density at radius 3 is 2.23 bits per heavy atom. The molecular formula is C9H21N3O. The van der Waals surface area contributed by atoms with Crippen molar-refractivity contribution in [3.05, 3.63) is 0 Å². The highest BCUT2D eigenvalue weighted by Crippen LogP contribution is 1.92. The van der Waals surface area contributed by atoms with Gasteiger partial charge in [-0.25, -0.2) is 4.79 Å². The lowest BCUT2D eigenvalue weighted by molar-refractivity contribution is 0.194. The number of nitrogens with one attached hydrogen (secondary N) is 1. The molecule has 0 aromatic rings. The van der Waals surface area contributed by atoms with Crippen LogP contribution in [0, 0.1) is 0 Å². The fourth-order valence-corrected chi connectivity index (χ4v) is 1.06. The van der Waals surface area contributed by atoms with Crippen molar-refractivity contribution in [3.8, 4) is 0 Å². The van der Waals surface area contributed by atoms with Gasteiger partial charge in [0, 0.05) is 26.7 Å². The van der Waals surface area contributed by atoms with Gasteiger partial charge in [0.1, 0.15) is 0 Å². The van der Waals surface area contributed by atoms with Gasteiger partial charge in [-0.3, -0.25) is 0 Å². The molecule has 4 nitrogen and oxygen atoms in total. The van der Waals surface area contributed by atoms with Crippen LogP contribution in [0.3, 0.4) is 0 Å². The van der Waals surface area contributed by atoms with Crippen molar-refractivity contribution in [3.63, 3.8) is 0 Å². The molecule has 78 valence electrons.